The van der Waals surface area contributed by atoms with Crippen LogP contribution in [-0.4, -0.2) is 21.7 Å². The van der Waals surface area contributed by atoms with E-state index in [0.717, 1.165) is 6.26 Å². The Morgan fingerprint density at radius 2 is 1.57 bits per heavy atom. The topological polar surface area (TPSA) is 48.2 Å². The van der Waals surface area contributed by atoms with Gasteiger partial charge in [-0.15, -0.1) is 0 Å². The van der Waals surface area contributed by atoms with Crippen molar-refractivity contribution < 1.29 is 27.9 Å². The van der Waals surface area contributed by atoms with Crippen LogP contribution in [-0.2, 0) is 29.5 Å². The van der Waals surface area contributed by atoms with E-state index in [9.17, 15) is 8.42 Å². The largest absolute Gasteiger partial charge is 0.552 e. The summed E-state index contributed by atoms with van der Waals surface area (Å²) >= 11 is 0. The molecule has 0 aromatic carbocycles. The van der Waals surface area contributed by atoms with E-state index < -0.39 is 10.0 Å². The molecule has 47 valence electrons. The van der Waals surface area contributed by atoms with Crippen LogP contribution in [0.15, 0.2) is 0 Å². The van der Waals surface area contributed by atoms with E-state index in [2.05, 4.69) is 4.72 Å². The summed E-state index contributed by atoms with van der Waals surface area (Å²) in [4.78, 5) is 0. The van der Waals surface area contributed by atoms with Gasteiger partial charge in [0.2, 0.25) is 0 Å². The minimum absolute atomic E-state index is 0. The third-order valence-electron chi connectivity index (χ3n) is 0.332. The van der Waals surface area contributed by atoms with E-state index in [1.165, 1.54) is 7.05 Å². The second-order valence-electron chi connectivity index (χ2n) is 0.916. The number of rotatable bonds is 1. The summed E-state index contributed by atoms with van der Waals surface area (Å²) in [6.45, 7) is 0. The van der Waals surface area contributed by atoms with Gasteiger partial charge in [-0.1, -0.05) is 0 Å². The van der Waals surface area contributed by atoms with Crippen LogP contribution in [0.2, 0.25) is 0 Å². The van der Waals surface area contributed by atoms with Crippen molar-refractivity contribution in [2.75, 3.05) is 13.3 Å². The molecule has 3 nitrogen and oxygen atoms in total. The molecule has 0 heterocycles. The monoisotopic (exact) mass is 211 g/mol. The summed E-state index contributed by atoms with van der Waals surface area (Å²) in [6.07, 6.45) is 1.05. The van der Waals surface area contributed by atoms with E-state index in [1.54, 1.807) is 0 Å². The Morgan fingerprint density at radius 3 is 1.57 bits per heavy atom. The van der Waals surface area contributed by atoms with E-state index in [0.29, 0.717) is 0 Å². The van der Waals surface area contributed by atoms with Crippen molar-refractivity contribution in [3.05, 3.63) is 4.72 Å². The molecule has 5 heteroatoms. The number of nitrogens with zero attached hydrogens (tertiary/aromatic N) is 1. The Hall–Kier alpha value is 0.533. The zero-order valence-corrected chi connectivity index (χ0v) is 6.46. The molecule has 0 aliphatic rings. The maximum Gasteiger partial charge on any atom is 0.0690 e. The van der Waals surface area contributed by atoms with Crippen molar-refractivity contribution in [2.45, 2.75) is 0 Å². The maximum atomic E-state index is 9.83. The van der Waals surface area contributed by atoms with E-state index >= 15 is 0 Å². The molecular formula is C2H6NO2RhS-. The van der Waals surface area contributed by atoms with Crippen LogP contribution < -0.4 is 0 Å². The molecule has 0 spiro atoms. The predicted octanol–water partition coefficient (Wildman–Crippen LogP) is -0.0530. The first-order valence-corrected chi connectivity index (χ1v) is 3.22. The summed E-state index contributed by atoms with van der Waals surface area (Å²) in [5.41, 5.74) is 0. The Labute approximate surface area is 56.3 Å². The van der Waals surface area contributed by atoms with Crippen LogP contribution >= 0.6 is 0 Å². The predicted molar refractivity (Wildman–Crippen MR) is 24.1 cm³/mol. The fourth-order valence-electron chi connectivity index (χ4n) is 0. The molecule has 0 aromatic rings. The molecule has 0 unspecified atom stereocenters. The second kappa shape index (κ2) is 3.52. The van der Waals surface area contributed by atoms with Crippen LogP contribution in [0.3, 0.4) is 0 Å². The standard InChI is InChI=1S/C2H6NO2S.Rh/c1-3-6(2,4)5;/h1-2H3;/q-1;. The fourth-order valence-corrected chi connectivity index (χ4v) is 0. The number of hydrogen-bond acceptors (Lipinski definition) is 2. The van der Waals surface area contributed by atoms with Gasteiger partial charge in [-0.05, 0) is 0 Å². The summed E-state index contributed by atoms with van der Waals surface area (Å²) in [5.74, 6) is 0. The van der Waals surface area contributed by atoms with Crippen molar-refractivity contribution >= 4 is 10.0 Å². The Morgan fingerprint density at radius 1 is 1.43 bits per heavy atom. The molecule has 0 saturated carbocycles. The zero-order valence-electron chi connectivity index (χ0n) is 4.01. The summed E-state index contributed by atoms with van der Waals surface area (Å²) in [7, 11) is -1.79. The first-order chi connectivity index (χ1) is 2.56. The van der Waals surface area contributed by atoms with Gasteiger partial charge in [-0.3, -0.25) is 0 Å². The summed E-state index contributed by atoms with van der Waals surface area (Å²) < 4.78 is 22.7. The molecule has 0 fully saturated rings. The van der Waals surface area contributed by atoms with E-state index in [4.69, 9.17) is 0 Å². The molecule has 0 saturated heterocycles. The molecule has 7 heavy (non-hydrogen) atoms. The molecule has 0 amide bonds. The average molecular weight is 211 g/mol. The number of hydrogen-bond donors (Lipinski definition) is 0. The molecule has 0 aliphatic heterocycles. The van der Waals surface area contributed by atoms with Crippen LogP contribution in [0.4, 0.5) is 0 Å². The molecule has 0 rings (SSSR count). The van der Waals surface area contributed by atoms with E-state index in [1.807, 2.05) is 0 Å². The smallest absolute Gasteiger partial charge is 0.0690 e. The van der Waals surface area contributed by atoms with Crippen molar-refractivity contribution in [3.63, 3.8) is 0 Å². The molecule has 1 radical (unpaired) electrons. The molecule has 0 aromatic heterocycles. The first-order valence-electron chi connectivity index (χ1n) is 1.37. The number of sulfonamides is 1. The quantitative estimate of drug-likeness (QED) is 0.570. The molecule has 0 N–H and O–H groups in total. The molecular weight excluding hydrogens is 205 g/mol. The third-order valence-corrected chi connectivity index (χ3v) is 0.995. The Kier molecular flexibility index (Phi) is 5.29. The van der Waals surface area contributed by atoms with Gasteiger partial charge in [0, 0.05) is 25.7 Å². The van der Waals surface area contributed by atoms with Crippen molar-refractivity contribution in [1.29, 1.82) is 0 Å². The van der Waals surface area contributed by atoms with E-state index in [-0.39, 0.29) is 19.5 Å². The third kappa shape index (κ3) is 10.8. The summed E-state index contributed by atoms with van der Waals surface area (Å²) in [6, 6.07) is 0. The van der Waals surface area contributed by atoms with Gasteiger partial charge in [0.15, 0.2) is 0 Å². The zero-order chi connectivity index (χ0) is 5.21. The molecule has 0 aliphatic carbocycles. The van der Waals surface area contributed by atoms with Gasteiger partial charge in [-0.25, -0.2) is 8.42 Å². The van der Waals surface area contributed by atoms with Gasteiger partial charge < -0.3 is 4.72 Å². The van der Waals surface area contributed by atoms with Gasteiger partial charge in [-0.2, -0.15) is 7.05 Å². The van der Waals surface area contributed by atoms with Gasteiger partial charge in [0.1, 0.15) is 0 Å². The minimum atomic E-state index is -3.04. The van der Waals surface area contributed by atoms with Crippen molar-refractivity contribution in [3.8, 4) is 0 Å². The van der Waals surface area contributed by atoms with Crippen molar-refractivity contribution in [2.24, 2.45) is 0 Å². The Balaban J connectivity index is 0. The van der Waals surface area contributed by atoms with Gasteiger partial charge >= 0.3 is 0 Å². The fraction of sp³-hybridized carbons (Fsp3) is 1.00. The molecule has 0 atom stereocenters. The van der Waals surface area contributed by atoms with Crippen LogP contribution in [0.5, 0.6) is 0 Å². The SMILES string of the molecule is C[N-]S(C)(=O)=O.[Rh]. The van der Waals surface area contributed by atoms with Gasteiger partial charge in [0.05, 0.1) is 10.0 Å². The average Bonchev–Trinajstić information content (AvgIpc) is 1.35. The second-order valence-corrected chi connectivity index (χ2v) is 2.75. The maximum absolute atomic E-state index is 9.83. The first kappa shape index (κ1) is 10.5. The molecule has 0 bridgehead atoms. The van der Waals surface area contributed by atoms with Crippen molar-refractivity contribution in [1.82, 2.24) is 0 Å². The Bertz CT molecular complexity index is 118. The van der Waals surface area contributed by atoms with Gasteiger partial charge in [0.25, 0.3) is 0 Å². The van der Waals surface area contributed by atoms with Crippen LogP contribution in [0, 0.1) is 0 Å². The van der Waals surface area contributed by atoms with Crippen LogP contribution in [0.1, 0.15) is 0 Å². The van der Waals surface area contributed by atoms with Crippen LogP contribution in [0.25, 0.3) is 4.72 Å². The normalized spacial score (nSPS) is 10.0. The summed E-state index contributed by atoms with van der Waals surface area (Å²) in [5, 5.41) is 0. The minimum Gasteiger partial charge on any atom is -0.552 e.